The minimum atomic E-state index is 0.232. The number of fused-ring (bicyclic) bond motifs is 1. The quantitative estimate of drug-likeness (QED) is 0.763. The highest BCUT2D eigenvalue weighted by molar-refractivity contribution is 7.16. The molecule has 0 unspecified atom stereocenters. The topological polar surface area (TPSA) is 73.9 Å². The Hall–Kier alpha value is -2.21. The van der Waals surface area contributed by atoms with Crippen molar-refractivity contribution >= 4 is 27.5 Å². The number of nitrogens with two attached hydrogens (primary N) is 1. The van der Waals surface area contributed by atoms with Crippen LogP contribution in [0.3, 0.4) is 0 Å². The highest BCUT2D eigenvalue weighted by Crippen LogP contribution is 2.30. The molecule has 18 heavy (non-hydrogen) atoms. The number of ether oxygens (including phenoxy) is 1. The largest absolute Gasteiger partial charge is 0.493 e. The molecule has 0 atom stereocenters. The van der Waals surface area contributed by atoms with E-state index < -0.39 is 0 Å². The third-order valence-electron chi connectivity index (χ3n) is 2.60. The summed E-state index contributed by atoms with van der Waals surface area (Å²) in [5.41, 5.74) is 10.1. The van der Waals surface area contributed by atoms with Gasteiger partial charge in [0.25, 0.3) is 0 Å². The predicted molar refractivity (Wildman–Crippen MR) is 71.6 cm³/mol. The summed E-state index contributed by atoms with van der Waals surface area (Å²) in [5.74, 6) is 0.836. The van der Waals surface area contributed by atoms with Crippen molar-refractivity contribution < 1.29 is 4.74 Å². The van der Waals surface area contributed by atoms with Gasteiger partial charge in [0, 0.05) is 5.56 Å². The summed E-state index contributed by atoms with van der Waals surface area (Å²) in [4.78, 5) is 12.4. The minimum Gasteiger partial charge on any atom is -0.493 e. The Bertz CT molecular complexity index is 710. The van der Waals surface area contributed by atoms with Gasteiger partial charge in [-0.3, -0.25) is 0 Å². The first-order valence-electron chi connectivity index (χ1n) is 5.28. The number of rotatable bonds is 2. The first-order chi connectivity index (χ1) is 8.78. The number of hydrogen-bond acceptors (Lipinski definition) is 6. The van der Waals surface area contributed by atoms with Gasteiger partial charge in [-0.2, -0.15) is 0 Å². The second-order valence-electron chi connectivity index (χ2n) is 3.68. The lowest BCUT2D eigenvalue weighted by Gasteiger charge is -2.07. The Labute approximate surface area is 107 Å². The van der Waals surface area contributed by atoms with E-state index >= 15 is 0 Å². The first kappa shape index (κ1) is 10.9. The van der Waals surface area contributed by atoms with E-state index in [-0.39, 0.29) is 5.95 Å². The Morgan fingerprint density at radius 1 is 1.28 bits per heavy atom. The molecule has 0 saturated heterocycles. The fourth-order valence-electron chi connectivity index (χ4n) is 1.74. The van der Waals surface area contributed by atoms with Crippen LogP contribution in [-0.2, 0) is 0 Å². The molecular weight excluding hydrogens is 248 g/mol. The number of methoxy groups -OCH3 is 1. The second-order valence-corrected chi connectivity index (χ2v) is 4.57. The molecule has 2 heterocycles. The zero-order valence-corrected chi connectivity index (χ0v) is 10.4. The van der Waals surface area contributed by atoms with Gasteiger partial charge in [-0.1, -0.05) is 6.07 Å². The van der Waals surface area contributed by atoms with Crippen LogP contribution in [0.4, 0.5) is 5.95 Å². The van der Waals surface area contributed by atoms with Crippen LogP contribution in [-0.4, -0.2) is 22.1 Å². The normalized spacial score (nSPS) is 10.7. The summed E-state index contributed by atoms with van der Waals surface area (Å²) >= 11 is 1.59. The molecule has 0 spiro atoms. The zero-order valence-electron chi connectivity index (χ0n) is 9.62. The molecule has 1 aromatic carbocycles. The number of nitrogens with zero attached hydrogens (tertiary/aromatic N) is 3. The third-order valence-corrected chi connectivity index (χ3v) is 3.39. The van der Waals surface area contributed by atoms with Gasteiger partial charge in [-0.05, 0) is 12.1 Å². The van der Waals surface area contributed by atoms with E-state index in [0.717, 1.165) is 15.8 Å². The number of nitrogen functional groups attached to an aromatic ring is 1. The van der Waals surface area contributed by atoms with Crippen molar-refractivity contribution in [2.45, 2.75) is 0 Å². The lowest BCUT2D eigenvalue weighted by molar-refractivity contribution is 0.413. The van der Waals surface area contributed by atoms with E-state index in [4.69, 9.17) is 10.5 Å². The second kappa shape index (κ2) is 4.23. The molecule has 90 valence electrons. The molecule has 0 bridgehead atoms. The van der Waals surface area contributed by atoms with Gasteiger partial charge in [0.1, 0.15) is 5.69 Å². The number of anilines is 1. The van der Waals surface area contributed by atoms with E-state index in [9.17, 15) is 0 Å². The highest BCUT2D eigenvalue weighted by Gasteiger charge is 2.10. The molecular formula is C12H10N4OS. The maximum atomic E-state index is 5.62. The Morgan fingerprint density at radius 3 is 3.00 bits per heavy atom. The van der Waals surface area contributed by atoms with Crippen molar-refractivity contribution in [2.75, 3.05) is 12.8 Å². The molecule has 0 aliphatic rings. The maximum Gasteiger partial charge on any atom is 0.220 e. The van der Waals surface area contributed by atoms with Crippen molar-refractivity contribution in [1.82, 2.24) is 15.0 Å². The smallest absolute Gasteiger partial charge is 0.220 e. The molecule has 3 rings (SSSR count). The average Bonchev–Trinajstić information content (AvgIpc) is 2.85. The molecule has 3 aromatic rings. The molecule has 0 aliphatic carbocycles. The summed E-state index contributed by atoms with van der Waals surface area (Å²) in [6.45, 7) is 0. The number of hydrogen-bond donors (Lipinski definition) is 1. The molecule has 2 N–H and O–H groups in total. The van der Waals surface area contributed by atoms with Crippen LogP contribution in [0.1, 0.15) is 0 Å². The number of aromatic nitrogens is 3. The highest BCUT2D eigenvalue weighted by atomic mass is 32.1. The van der Waals surface area contributed by atoms with Gasteiger partial charge in [0.15, 0.2) is 5.75 Å². The van der Waals surface area contributed by atoms with E-state index in [0.29, 0.717) is 11.4 Å². The molecule has 2 aromatic heterocycles. The predicted octanol–water partition coefficient (Wildman–Crippen LogP) is 2.34. The summed E-state index contributed by atoms with van der Waals surface area (Å²) in [6.07, 6.45) is 1.58. The molecule has 6 heteroatoms. The van der Waals surface area contributed by atoms with Gasteiger partial charge >= 0.3 is 0 Å². The van der Waals surface area contributed by atoms with Gasteiger partial charge in [0.05, 0.1) is 29.0 Å². The SMILES string of the molecule is COc1cnc(N)nc1-c1ccc2ncsc2c1. The van der Waals surface area contributed by atoms with E-state index in [1.807, 2.05) is 23.7 Å². The monoisotopic (exact) mass is 258 g/mol. The van der Waals surface area contributed by atoms with Gasteiger partial charge < -0.3 is 10.5 Å². The average molecular weight is 258 g/mol. The van der Waals surface area contributed by atoms with Gasteiger partial charge in [-0.25, -0.2) is 15.0 Å². The summed E-state index contributed by atoms with van der Waals surface area (Å²) in [7, 11) is 1.59. The lowest BCUT2D eigenvalue weighted by Crippen LogP contribution is -1.99. The van der Waals surface area contributed by atoms with Crippen molar-refractivity contribution in [3.8, 4) is 17.0 Å². The third kappa shape index (κ3) is 1.76. The van der Waals surface area contributed by atoms with Gasteiger partial charge in [-0.15, -0.1) is 11.3 Å². The van der Waals surface area contributed by atoms with Crippen LogP contribution >= 0.6 is 11.3 Å². The van der Waals surface area contributed by atoms with Crippen molar-refractivity contribution in [2.24, 2.45) is 0 Å². The molecule has 0 aliphatic heterocycles. The Kier molecular flexibility index (Phi) is 2.56. The molecule has 5 nitrogen and oxygen atoms in total. The summed E-state index contributed by atoms with van der Waals surface area (Å²) in [6, 6.07) is 5.93. The zero-order chi connectivity index (χ0) is 12.5. The number of benzene rings is 1. The number of thiazole rings is 1. The fourth-order valence-corrected chi connectivity index (χ4v) is 2.46. The molecule has 0 amide bonds. The fraction of sp³-hybridized carbons (Fsp3) is 0.0833. The first-order valence-corrected chi connectivity index (χ1v) is 6.16. The lowest BCUT2D eigenvalue weighted by atomic mass is 10.1. The van der Waals surface area contributed by atoms with Crippen LogP contribution in [0.15, 0.2) is 29.9 Å². The van der Waals surface area contributed by atoms with Crippen LogP contribution in [0, 0.1) is 0 Å². The van der Waals surface area contributed by atoms with E-state index in [2.05, 4.69) is 15.0 Å². The van der Waals surface area contributed by atoms with Crippen LogP contribution < -0.4 is 10.5 Å². The molecule has 0 radical (unpaired) electrons. The Balaban J connectivity index is 2.21. The minimum absolute atomic E-state index is 0.232. The van der Waals surface area contributed by atoms with Gasteiger partial charge in [0.2, 0.25) is 5.95 Å². The summed E-state index contributed by atoms with van der Waals surface area (Å²) < 4.78 is 6.36. The van der Waals surface area contributed by atoms with Crippen molar-refractivity contribution in [1.29, 1.82) is 0 Å². The molecule has 0 saturated carbocycles. The standard InChI is InChI=1S/C12H10N4OS/c1-17-9-5-14-12(13)16-11(9)7-2-3-8-10(4-7)18-6-15-8/h2-6H,1H3,(H2,13,14,16). The van der Waals surface area contributed by atoms with Crippen LogP contribution in [0.5, 0.6) is 5.75 Å². The van der Waals surface area contributed by atoms with Crippen molar-refractivity contribution in [3.63, 3.8) is 0 Å². The van der Waals surface area contributed by atoms with Crippen LogP contribution in [0.2, 0.25) is 0 Å². The Morgan fingerprint density at radius 2 is 2.17 bits per heavy atom. The van der Waals surface area contributed by atoms with Crippen LogP contribution in [0.25, 0.3) is 21.5 Å². The van der Waals surface area contributed by atoms with Crippen molar-refractivity contribution in [3.05, 3.63) is 29.9 Å². The van der Waals surface area contributed by atoms with E-state index in [1.165, 1.54) is 0 Å². The molecule has 0 fully saturated rings. The summed E-state index contributed by atoms with van der Waals surface area (Å²) in [5, 5.41) is 0. The maximum absolute atomic E-state index is 5.62. The van der Waals surface area contributed by atoms with E-state index in [1.54, 1.807) is 24.6 Å².